The van der Waals surface area contributed by atoms with Crippen molar-refractivity contribution in [1.29, 1.82) is 0 Å². The van der Waals surface area contributed by atoms with Gasteiger partial charge in [-0.05, 0) is 41.8 Å². The van der Waals surface area contributed by atoms with Gasteiger partial charge in [-0.3, -0.25) is 4.79 Å². The van der Waals surface area contributed by atoms with Crippen LogP contribution in [0.3, 0.4) is 0 Å². The van der Waals surface area contributed by atoms with Crippen LogP contribution < -0.4 is 0 Å². The van der Waals surface area contributed by atoms with Gasteiger partial charge in [0, 0.05) is 0 Å². The summed E-state index contributed by atoms with van der Waals surface area (Å²) in [4.78, 5) is 11.4. The molecule has 0 fully saturated rings. The Morgan fingerprint density at radius 2 is 1.63 bits per heavy atom. The molecular weight excluding hydrogens is 244 g/mol. The number of hydrogen-bond acceptors (Lipinski definition) is 3. The zero-order valence-electron chi connectivity index (χ0n) is 10.2. The maximum atomic E-state index is 11.4. The highest BCUT2D eigenvalue weighted by Crippen LogP contribution is 2.25. The molecule has 1 unspecified atom stereocenters. The second kappa shape index (κ2) is 5.44. The molecule has 2 aromatic carbocycles. The fourth-order valence-corrected chi connectivity index (χ4v) is 2.01. The quantitative estimate of drug-likeness (QED) is 0.787. The molecule has 0 spiro atoms. The van der Waals surface area contributed by atoms with Crippen molar-refractivity contribution in [2.45, 2.75) is 12.3 Å². The Labute approximate surface area is 110 Å². The molecule has 0 aliphatic heterocycles. The minimum absolute atomic E-state index is 0.0414. The van der Waals surface area contributed by atoms with Crippen molar-refractivity contribution in [3.8, 4) is 11.5 Å². The van der Waals surface area contributed by atoms with Gasteiger partial charge in [0.2, 0.25) is 0 Å². The SMILES string of the molecule is O=C(O)C(Cc1cccc(O)c1)c1cccc(O)c1. The Balaban J connectivity index is 2.29. The van der Waals surface area contributed by atoms with E-state index in [-0.39, 0.29) is 17.9 Å². The number of benzene rings is 2. The first-order valence-electron chi connectivity index (χ1n) is 5.86. The Morgan fingerprint density at radius 1 is 1.00 bits per heavy atom. The number of aromatic hydroxyl groups is 2. The lowest BCUT2D eigenvalue weighted by Gasteiger charge is -2.13. The number of rotatable bonds is 4. The number of aliphatic carboxylic acids is 1. The lowest BCUT2D eigenvalue weighted by Crippen LogP contribution is -2.14. The maximum Gasteiger partial charge on any atom is 0.311 e. The van der Waals surface area contributed by atoms with E-state index in [2.05, 4.69) is 0 Å². The van der Waals surface area contributed by atoms with Gasteiger partial charge in [-0.25, -0.2) is 0 Å². The molecule has 0 aliphatic rings. The number of carboxylic acid groups (broad SMARTS) is 1. The van der Waals surface area contributed by atoms with Crippen LogP contribution in [0, 0.1) is 0 Å². The van der Waals surface area contributed by atoms with Crippen LogP contribution in [0.2, 0.25) is 0 Å². The van der Waals surface area contributed by atoms with Crippen LogP contribution in [0.4, 0.5) is 0 Å². The second-order valence-corrected chi connectivity index (χ2v) is 4.36. The van der Waals surface area contributed by atoms with Gasteiger partial charge in [-0.2, -0.15) is 0 Å². The second-order valence-electron chi connectivity index (χ2n) is 4.36. The number of phenolic OH excluding ortho intramolecular Hbond substituents is 2. The van der Waals surface area contributed by atoms with E-state index in [9.17, 15) is 20.1 Å². The average molecular weight is 258 g/mol. The van der Waals surface area contributed by atoms with E-state index in [4.69, 9.17) is 0 Å². The fourth-order valence-electron chi connectivity index (χ4n) is 2.01. The predicted octanol–water partition coefficient (Wildman–Crippen LogP) is 2.51. The molecule has 1 atom stereocenters. The predicted molar refractivity (Wildman–Crippen MR) is 70.3 cm³/mol. The van der Waals surface area contributed by atoms with Crippen molar-refractivity contribution >= 4 is 5.97 Å². The summed E-state index contributed by atoms with van der Waals surface area (Å²) in [5.41, 5.74) is 1.27. The monoisotopic (exact) mass is 258 g/mol. The van der Waals surface area contributed by atoms with E-state index in [1.165, 1.54) is 18.2 Å². The molecule has 0 amide bonds. The Morgan fingerprint density at radius 3 is 2.21 bits per heavy atom. The summed E-state index contributed by atoms with van der Waals surface area (Å²) < 4.78 is 0. The summed E-state index contributed by atoms with van der Waals surface area (Å²) in [6.45, 7) is 0. The molecule has 3 N–H and O–H groups in total. The van der Waals surface area contributed by atoms with Crippen molar-refractivity contribution in [2.75, 3.05) is 0 Å². The van der Waals surface area contributed by atoms with E-state index in [0.29, 0.717) is 5.56 Å². The Bertz CT molecular complexity index is 592. The van der Waals surface area contributed by atoms with Gasteiger partial charge in [0.15, 0.2) is 0 Å². The van der Waals surface area contributed by atoms with E-state index in [0.717, 1.165) is 5.56 Å². The van der Waals surface area contributed by atoms with Crippen LogP contribution in [-0.4, -0.2) is 21.3 Å². The third kappa shape index (κ3) is 3.25. The van der Waals surface area contributed by atoms with Crippen LogP contribution in [0.15, 0.2) is 48.5 Å². The first-order valence-corrected chi connectivity index (χ1v) is 5.86. The van der Waals surface area contributed by atoms with E-state index < -0.39 is 11.9 Å². The lowest BCUT2D eigenvalue weighted by molar-refractivity contribution is -0.138. The molecule has 0 heterocycles. The summed E-state index contributed by atoms with van der Waals surface area (Å²) in [7, 11) is 0. The molecule has 4 nitrogen and oxygen atoms in total. The fraction of sp³-hybridized carbons (Fsp3) is 0.133. The van der Waals surface area contributed by atoms with Crippen molar-refractivity contribution in [1.82, 2.24) is 0 Å². The molecular formula is C15H14O4. The van der Waals surface area contributed by atoms with Crippen molar-refractivity contribution < 1.29 is 20.1 Å². The minimum atomic E-state index is -0.964. The van der Waals surface area contributed by atoms with Gasteiger partial charge in [-0.15, -0.1) is 0 Å². The molecule has 0 saturated carbocycles. The summed E-state index contributed by atoms with van der Waals surface area (Å²) in [6.07, 6.45) is 0.257. The van der Waals surface area contributed by atoms with Gasteiger partial charge >= 0.3 is 5.97 Å². The molecule has 0 bridgehead atoms. The average Bonchev–Trinajstić information content (AvgIpc) is 2.35. The normalized spacial score (nSPS) is 12.0. The molecule has 2 rings (SSSR count). The number of hydrogen-bond donors (Lipinski definition) is 3. The van der Waals surface area contributed by atoms with Crippen LogP contribution in [-0.2, 0) is 11.2 Å². The minimum Gasteiger partial charge on any atom is -0.508 e. The van der Waals surface area contributed by atoms with E-state index >= 15 is 0 Å². The zero-order chi connectivity index (χ0) is 13.8. The van der Waals surface area contributed by atoms with Crippen LogP contribution in [0.5, 0.6) is 11.5 Å². The van der Waals surface area contributed by atoms with Crippen molar-refractivity contribution in [3.05, 3.63) is 59.7 Å². The van der Waals surface area contributed by atoms with Crippen LogP contribution >= 0.6 is 0 Å². The number of carboxylic acids is 1. The topological polar surface area (TPSA) is 77.8 Å². The highest BCUT2D eigenvalue weighted by atomic mass is 16.4. The van der Waals surface area contributed by atoms with Gasteiger partial charge < -0.3 is 15.3 Å². The summed E-state index contributed by atoms with van der Waals surface area (Å²) in [5.74, 6) is -1.57. The lowest BCUT2D eigenvalue weighted by atomic mass is 9.92. The molecule has 0 radical (unpaired) electrons. The zero-order valence-corrected chi connectivity index (χ0v) is 10.2. The number of phenols is 2. The molecule has 2 aromatic rings. The first kappa shape index (κ1) is 13.0. The van der Waals surface area contributed by atoms with Crippen molar-refractivity contribution in [2.24, 2.45) is 0 Å². The van der Waals surface area contributed by atoms with Gasteiger partial charge in [0.25, 0.3) is 0 Å². The summed E-state index contributed by atoms with van der Waals surface area (Å²) >= 11 is 0. The Kier molecular flexibility index (Phi) is 3.71. The van der Waals surface area contributed by atoms with Gasteiger partial charge in [-0.1, -0.05) is 24.3 Å². The van der Waals surface area contributed by atoms with Gasteiger partial charge in [0.1, 0.15) is 11.5 Å². The third-order valence-corrected chi connectivity index (χ3v) is 2.92. The van der Waals surface area contributed by atoms with Crippen LogP contribution in [0.1, 0.15) is 17.0 Å². The molecule has 19 heavy (non-hydrogen) atoms. The molecule has 0 aliphatic carbocycles. The molecule has 0 aromatic heterocycles. The smallest absolute Gasteiger partial charge is 0.311 e. The molecule has 98 valence electrons. The maximum absolute atomic E-state index is 11.4. The van der Waals surface area contributed by atoms with E-state index in [1.807, 2.05) is 0 Å². The summed E-state index contributed by atoms with van der Waals surface area (Å²) in [6, 6.07) is 12.7. The third-order valence-electron chi connectivity index (χ3n) is 2.92. The first-order chi connectivity index (χ1) is 9.06. The standard InChI is InChI=1S/C15H14O4/c16-12-5-1-3-10(7-12)8-14(15(18)19)11-4-2-6-13(17)9-11/h1-7,9,14,16-17H,8H2,(H,18,19). The number of carbonyl (C=O) groups is 1. The van der Waals surface area contributed by atoms with Crippen LogP contribution in [0.25, 0.3) is 0 Å². The van der Waals surface area contributed by atoms with Crippen molar-refractivity contribution in [3.63, 3.8) is 0 Å². The molecule has 0 saturated heterocycles. The largest absolute Gasteiger partial charge is 0.508 e. The van der Waals surface area contributed by atoms with Gasteiger partial charge in [0.05, 0.1) is 5.92 Å². The highest BCUT2D eigenvalue weighted by molar-refractivity contribution is 5.76. The molecule has 4 heteroatoms. The highest BCUT2D eigenvalue weighted by Gasteiger charge is 2.20. The van der Waals surface area contributed by atoms with E-state index in [1.54, 1.807) is 30.3 Å². The Hall–Kier alpha value is -2.49. The summed E-state index contributed by atoms with van der Waals surface area (Å²) in [5, 5.41) is 28.1.